The summed E-state index contributed by atoms with van der Waals surface area (Å²) in [4.78, 5) is 28.7. The van der Waals surface area contributed by atoms with Gasteiger partial charge in [0.05, 0.1) is 6.54 Å². The van der Waals surface area contributed by atoms with E-state index in [1.807, 2.05) is 0 Å². The van der Waals surface area contributed by atoms with Gasteiger partial charge >= 0.3 is 6.03 Å². The quantitative estimate of drug-likeness (QED) is 0.287. The van der Waals surface area contributed by atoms with Crippen LogP contribution in [0.25, 0.3) is 10.8 Å². The van der Waals surface area contributed by atoms with E-state index in [9.17, 15) is 19.1 Å². The van der Waals surface area contributed by atoms with Crippen molar-refractivity contribution in [3.63, 3.8) is 0 Å². The Morgan fingerprint density at radius 2 is 1.91 bits per heavy atom. The van der Waals surface area contributed by atoms with E-state index in [0.29, 0.717) is 27.2 Å². The lowest BCUT2D eigenvalue weighted by Crippen LogP contribution is -2.47. The Morgan fingerprint density at radius 1 is 1.12 bits per heavy atom. The third-order valence-corrected chi connectivity index (χ3v) is 5.92. The number of nitrogens with zero attached hydrogens (tertiary/aromatic N) is 2. The average Bonchev–Trinajstić information content (AvgIpc) is 3.27. The summed E-state index contributed by atoms with van der Waals surface area (Å²) in [7, 11) is 0. The molecule has 1 atom stereocenters. The van der Waals surface area contributed by atoms with Gasteiger partial charge in [0.1, 0.15) is 23.3 Å². The highest BCUT2D eigenvalue weighted by Gasteiger charge is 2.48. The van der Waals surface area contributed by atoms with Crippen LogP contribution in [-0.4, -0.2) is 26.6 Å². The first-order valence-electron chi connectivity index (χ1n) is 10.3. The first-order chi connectivity index (χ1) is 16.3. The fourth-order valence-corrected chi connectivity index (χ4v) is 4.23. The number of amides is 3. The third-order valence-electron chi connectivity index (χ3n) is 5.71. The van der Waals surface area contributed by atoms with E-state index in [-0.39, 0.29) is 19.0 Å². The number of fused-ring (bicyclic) bond motifs is 1. The molecule has 3 N–H and O–H groups in total. The number of hydrogen-bond acceptors (Lipinski definition) is 5. The highest BCUT2D eigenvalue weighted by atomic mass is 35.5. The zero-order valence-corrected chi connectivity index (χ0v) is 18.3. The van der Waals surface area contributed by atoms with Gasteiger partial charge in [-0.2, -0.15) is 0 Å². The zero-order valence-electron chi connectivity index (χ0n) is 17.6. The fraction of sp³-hybridized carbons (Fsp3) is 0.125. The predicted octanol–water partition coefficient (Wildman–Crippen LogP) is 3.85. The molecule has 0 radical (unpaired) electrons. The van der Waals surface area contributed by atoms with Crippen molar-refractivity contribution < 1.29 is 23.8 Å². The Hall–Kier alpha value is -4.11. The molecule has 1 aliphatic rings. The van der Waals surface area contributed by atoms with E-state index < -0.39 is 23.3 Å². The summed E-state index contributed by atoms with van der Waals surface area (Å²) in [6.45, 7) is 0.169. The predicted molar refractivity (Wildman–Crippen MR) is 122 cm³/mol. The lowest BCUT2D eigenvalue weighted by Gasteiger charge is -2.27. The average molecular weight is 481 g/mol. The number of nitrogens with one attached hydrogen (secondary N) is 2. The molecule has 2 aromatic carbocycles. The second kappa shape index (κ2) is 8.35. The lowest BCUT2D eigenvalue weighted by atomic mass is 9.89. The van der Waals surface area contributed by atoms with Crippen LogP contribution in [0.4, 0.5) is 9.18 Å². The van der Waals surface area contributed by atoms with E-state index in [1.54, 1.807) is 42.7 Å². The Kier molecular flexibility index (Phi) is 5.33. The van der Waals surface area contributed by atoms with E-state index in [4.69, 9.17) is 16.3 Å². The lowest BCUT2D eigenvalue weighted by molar-refractivity contribution is -0.124. The first-order valence-corrected chi connectivity index (χ1v) is 10.7. The summed E-state index contributed by atoms with van der Waals surface area (Å²) >= 11 is 5.91. The molecule has 1 saturated heterocycles. The van der Waals surface area contributed by atoms with E-state index in [2.05, 4.69) is 15.6 Å². The van der Waals surface area contributed by atoms with Crippen LogP contribution in [0.3, 0.4) is 0 Å². The summed E-state index contributed by atoms with van der Waals surface area (Å²) in [5.74, 6) is -0.586. The van der Waals surface area contributed by atoms with Gasteiger partial charge in [-0.3, -0.25) is 10.1 Å². The summed E-state index contributed by atoms with van der Waals surface area (Å²) in [5, 5.41) is 17.3. The van der Waals surface area contributed by atoms with Crippen molar-refractivity contribution >= 4 is 34.3 Å². The molecular weight excluding hydrogens is 463 g/mol. The van der Waals surface area contributed by atoms with Gasteiger partial charge in [-0.1, -0.05) is 23.7 Å². The monoisotopic (exact) mass is 480 g/mol. The van der Waals surface area contributed by atoms with Crippen LogP contribution >= 0.6 is 11.6 Å². The van der Waals surface area contributed by atoms with Gasteiger partial charge in [-0.15, -0.1) is 0 Å². The summed E-state index contributed by atoms with van der Waals surface area (Å²) < 4.78 is 20.8. The number of aromatic nitrogens is 2. The molecule has 3 amide bonds. The van der Waals surface area contributed by atoms with Crippen LogP contribution < -0.4 is 15.4 Å². The van der Waals surface area contributed by atoms with Crippen molar-refractivity contribution in [3.8, 4) is 11.6 Å². The number of carbonyl (C=O) groups excluding carboxylic acids is 2. The number of hydrogen-bond donors (Lipinski definition) is 3. The second-order valence-electron chi connectivity index (χ2n) is 7.93. The van der Waals surface area contributed by atoms with Gasteiger partial charge < -0.3 is 19.7 Å². The number of benzene rings is 2. The number of pyridine rings is 1. The van der Waals surface area contributed by atoms with Gasteiger partial charge in [0.2, 0.25) is 0 Å². The van der Waals surface area contributed by atoms with Crippen LogP contribution in [0.2, 0.25) is 5.15 Å². The van der Waals surface area contributed by atoms with Crippen molar-refractivity contribution in [3.05, 3.63) is 89.1 Å². The summed E-state index contributed by atoms with van der Waals surface area (Å²) in [6, 6.07) is 13.3. The Morgan fingerprint density at radius 3 is 2.62 bits per heavy atom. The SMILES string of the molecule is O=C1NC(=O)C(Cn2cc3cc(OCc4ccnc(Cl)c4)ccc3c2O)(c2ccc(F)cc2)N1. The largest absolute Gasteiger partial charge is 0.494 e. The topological polar surface area (TPSA) is 105 Å². The van der Waals surface area contributed by atoms with E-state index in [0.717, 1.165) is 5.56 Å². The van der Waals surface area contributed by atoms with Crippen molar-refractivity contribution in [2.45, 2.75) is 18.7 Å². The number of aromatic hydroxyl groups is 1. The van der Waals surface area contributed by atoms with Gasteiger partial charge in [-0.25, -0.2) is 14.2 Å². The normalized spacial score (nSPS) is 17.6. The molecule has 2 aromatic heterocycles. The molecule has 0 spiro atoms. The molecule has 0 bridgehead atoms. The second-order valence-corrected chi connectivity index (χ2v) is 8.31. The highest BCUT2D eigenvalue weighted by molar-refractivity contribution is 6.29. The number of halogens is 2. The van der Waals surface area contributed by atoms with Gasteiger partial charge in [0.25, 0.3) is 5.91 Å². The molecule has 5 rings (SSSR count). The van der Waals surface area contributed by atoms with Crippen LogP contribution in [0.15, 0.2) is 67.0 Å². The maximum atomic E-state index is 13.5. The molecule has 0 aliphatic carbocycles. The molecule has 172 valence electrons. The highest BCUT2D eigenvalue weighted by Crippen LogP contribution is 2.35. The minimum atomic E-state index is -1.52. The number of imide groups is 1. The number of urea groups is 1. The van der Waals surface area contributed by atoms with Crippen LogP contribution in [0.1, 0.15) is 11.1 Å². The first kappa shape index (κ1) is 21.7. The van der Waals surface area contributed by atoms with Crippen molar-refractivity contribution in [1.29, 1.82) is 0 Å². The molecule has 1 aliphatic heterocycles. The van der Waals surface area contributed by atoms with Crippen molar-refractivity contribution in [1.82, 2.24) is 20.2 Å². The minimum Gasteiger partial charge on any atom is -0.494 e. The molecule has 1 fully saturated rings. The Balaban J connectivity index is 1.45. The third kappa shape index (κ3) is 3.90. The van der Waals surface area contributed by atoms with E-state index >= 15 is 0 Å². The van der Waals surface area contributed by atoms with Gasteiger partial charge in [-0.05, 0) is 53.6 Å². The van der Waals surface area contributed by atoms with Crippen LogP contribution in [0.5, 0.6) is 11.6 Å². The van der Waals surface area contributed by atoms with Gasteiger partial charge in [0, 0.05) is 23.2 Å². The summed E-state index contributed by atoms with van der Waals surface area (Å²) in [6.07, 6.45) is 3.25. The number of rotatable bonds is 6. The Labute approximate surface area is 197 Å². The molecular formula is C24H18ClFN4O4. The molecule has 1 unspecified atom stereocenters. The van der Waals surface area contributed by atoms with Gasteiger partial charge in [0.15, 0.2) is 11.4 Å². The van der Waals surface area contributed by atoms with Crippen LogP contribution in [0, 0.1) is 5.82 Å². The molecule has 0 saturated carbocycles. The molecule has 10 heteroatoms. The number of carbonyl (C=O) groups is 2. The molecule has 4 aromatic rings. The maximum absolute atomic E-state index is 13.5. The minimum absolute atomic E-state index is 0.0853. The zero-order chi connectivity index (χ0) is 23.9. The number of ether oxygens (including phenoxy) is 1. The van der Waals surface area contributed by atoms with Crippen LogP contribution in [-0.2, 0) is 23.5 Å². The molecule has 3 heterocycles. The maximum Gasteiger partial charge on any atom is 0.322 e. The molecule has 8 nitrogen and oxygen atoms in total. The van der Waals surface area contributed by atoms with Crippen molar-refractivity contribution in [2.24, 2.45) is 0 Å². The van der Waals surface area contributed by atoms with E-state index in [1.165, 1.54) is 28.8 Å². The fourth-order valence-electron chi connectivity index (χ4n) is 4.03. The Bertz CT molecular complexity index is 1420. The standard InChI is InChI=1S/C24H18ClFN4O4/c25-20-9-14(7-8-27-20)12-34-18-5-6-19-15(10-18)11-30(21(19)31)13-24(22(32)28-23(33)29-24)16-1-3-17(26)4-2-16/h1-11,31H,12-13H2,(H2,28,29,32,33). The smallest absolute Gasteiger partial charge is 0.322 e. The van der Waals surface area contributed by atoms with Crippen molar-refractivity contribution in [2.75, 3.05) is 0 Å². The molecule has 34 heavy (non-hydrogen) atoms. The summed E-state index contributed by atoms with van der Waals surface area (Å²) in [5.41, 5.74) is -0.281.